The number of fused-ring (bicyclic) bond motifs is 1. The first-order chi connectivity index (χ1) is 11.7. The van der Waals surface area contributed by atoms with Gasteiger partial charge in [-0.2, -0.15) is 10.4 Å². The van der Waals surface area contributed by atoms with E-state index >= 15 is 0 Å². The van der Waals surface area contributed by atoms with Crippen molar-refractivity contribution < 1.29 is 4.74 Å². The van der Waals surface area contributed by atoms with Gasteiger partial charge in [0, 0.05) is 10.9 Å². The van der Waals surface area contributed by atoms with E-state index in [0.717, 1.165) is 47.2 Å². The van der Waals surface area contributed by atoms with Crippen LogP contribution in [0.1, 0.15) is 36.6 Å². The first-order valence-corrected chi connectivity index (χ1v) is 8.16. The topological polar surface area (TPSA) is 58.8 Å². The van der Waals surface area contributed by atoms with Crippen molar-refractivity contribution in [2.45, 2.75) is 33.1 Å². The Labute approximate surface area is 141 Å². The lowest BCUT2D eigenvalue weighted by atomic mass is 10.1. The molecule has 0 N–H and O–H groups in total. The molecule has 2 aromatic carbocycles. The van der Waals surface area contributed by atoms with E-state index < -0.39 is 0 Å². The van der Waals surface area contributed by atoms with Gasteiger partial charge in [0.05, 0.1) is 17.1 Å². The molecule has 0 aliphatic heterocycles. The van der Waals surface area contributed by atoms with Gasteiger partial charge in [-0.25, -0.2) is 0 Å². The molecule has 0 saturated carbocycles. The van der Waals surface area contributed by atoms with Gasteiger partial charge in [0.25, 0.3) is 0 Å². The Kier molecular flexibility index (Phi) is 4.72. The fourth-order valence-electron chi connectivity index (χ4n) is 2.65. The van der Waals surface area contributed by atoms with Crippen LogP contribution in [-0.4, -0.2) is 10.2 Å². The largest absolute Gasteiger partial charge is 0.454 e. The van der Waals surface area contributed by atoms with Crippen LogP contribution < -0.4 is 4.74 Å². The maximum atomic E-state index is 9.22. The van der Waals surface area contributed by atoms with Gasteiger partial charge in [-0.3, -0.25) is 0 Å². The van der Waals surface area contributed by atoms with E-state index in [1.165, 1.54) is 0 Å². The fraction of sp³-hybridized carbons (Fsp3) is 0.250. The number of nitrogens with zero attached hydrogens (tertiary/aromatic N) is 3. The molecule has 4 heteroatoms. The second-order valence-electron chi connectivity index (χ2n) is 5.74. The normalized spacial score (nSPS) is 10.5. The molecule has 4 nitrogen and oxygen atoms in total. The molecule has 0 amide bonds. The highest BCUT2D eigenvalue weighted by molar-refractivity contribution is 5.85. The molecule has 0 atom stereocenters. The monoisotopic (exact) mass is 317 g/mol. The highest BCUT2D eigenvalue weighted by Crippen LogP contribution is 2.34. The van der Waals surface area contributed by atoms with E-state index in [2.05, 4.69) is 23.2 Å². The van der Waals surface area contributed by atoms with Crippen LogP contribution in [0.15, 0.2) is 42.5 Å². The molecule has 3 aromatic rings. The van der Waals surface area contributed by atoms with Gasteiger partial charge in [-0.15, -0.1) is 5.10 Å². The Morgan fingerprint density at radius 2 is 1.92 bits per heavy atom. The van der Waals surface area contributed by atoms with Gasteiger partial charge in [-0.1, -0.05) is 31.5 Å². The van der Waals surface area contributed by atoms with E-state index in [4.69, 9.17) is 4.74 Å². The van der Waals surface area contributed by atoms with Crippen LogP contribution in [0.25, 0.3) is 10.9 Å². The zero-order chi connectivity index (χ0) is 16.9. The van der Waals surface area contributed by atoms with Crippen molar-refractivity contribution >= 4 is 10.9 Å². The highest BCUT2D eigenvalue weighted by atomic mass is 16.5. The molecule has 0 aliphatic carbocycles. The lowest BCUT2D eigenvalue weighted by Gasteiger charge is -2.14. The molecule has 24 heavy (non-hydrogen) atoms. The van der Waals surface area contributed by atoms with Crippen LogP contribution in [0.5, 0.6) is 11.5 Å². The van der Waals surface area contributed by atoms with Crippen LogP contribution >= 0.6 is 0 Å². The average molecular weight is 317 g/mol. The Hall–Kier alpha value is -2.93. The first-order valence-electron chi connectivity index (χ1n) is 8.16. The number of hydrogen-bond acceptors (Lipinski definition) is 4. The van der Waals surface area contributed by atoms with Gasteiger partial charge >= 0.3 is 0 Å². The quantitative estimate of drug-likeness (QED) is 0.668. The standard InChI is InChI=1S/C20H19N3O/c1-3-4-10-18-20(16-9-5-6-11-17(16)22-23-18)24-19-12-7-8-15(13-21)14(19)2/h5-9,11-12H,3-4,10H2,1-2H3. The van der Waals surface area contributed by atoms with E-state index in [1.807, 2.05) is 43.3 Å². The minimum Gasteiger partial charge on any atom is -0.454 e. The van der Waals surface area contributed by atoms with Crippen LogP contribution in [-0.2, 0) is 6.42 Å². The van der Waals surface area contributed by atoms with Crippen LogP contribution in [0.4, 0.5) is 0 Å². The summed E-state index contributed by atoms with van der Waals surface area (Å²) in [7, 11) is 0. The molecule has 0 fully saturated rings. The van der Waals surface area contributed by atoms with Crippen LogP contribution in [0.3, 0.4) is 0 Å². The Bertz CT molecular complexity index is 912. The molecule has 0 radical (unpaired) electrons. The molecule has 0 bridgehead atoms. The summed E-state index contributed by atoms with van der Waals surface area (Å²) < 4.78 is 6.24. The maximum absolute atomic E-state index is 9.22. The van der Waals surface area contributed by atoms with Crippen molar-refractivity contribution in [1.82, 2.24) is 10.2 Å². The summed E-state index contributed by atoms with van der Waals surface area (Å²) in [4.78, 5) is 0. The smallest absolute Gasteiger partial charge is 0.160 e. The SMILES string of the molecule is CCCCc1nnc2ccccc2c1Oc1cccc(C#N)c1C. The Balaban J connectivity index is 2.11. The van der Waals surface area contributed by atoms with E-state index in [1.54, 1.807) is 6.07 Å². The molecular formula is C20H19N3O. The fourth-order valence-corrected chi connectivity index (χ4v) is 2.65. The number of benzene rings is 2. The van der Waals surface area contributed by atoms with E-state index in [-0.39, 0.29) is 0 Å². The lowest BCUT2D eigenvalue weighted by molar-refractivity contribution is 0.471. The van der Waals surface area contributed by atoms with Gasteiger partial charge in [-0.05, 0) is 44.0 Å². The summed E-state index contributed by atoms with van der Waals surface area (Å²) in [5, 5.41) is 18.9. The summed E-state index contributed by atoms with van der Waals surface area (Å²) in [5.41, 5.74) is 3.12. The average Bonchev–Trinajstić information content (AvgIpc) is 2.62. The Morgan fingerprint density at radius 1 is 1.08 bits per heavy atom. The molecule has 0 saturated heterocycles. The number of unbranched alkanes of at least 4 members (excludes halogenated alkanes) is 1. The Morgan fingerprint density at radius 3 is 2.71 bits per heavy atom. The second kappa shape index (κ2) is 7.10. The molecule has 0 unspecified atom stereocenters. The first kappa shape index (κ1) is 15.9. The number of aryl methyl sites for hydroxylation is 1. The predicted octanol–water partition coefficient (Wildman–Crippen LogP) is 4.94. The third-order valence-corrected chi connectivity index (χ3v) is 4.07. The summed E-state index contributed by atoms with van der Waals surface area (Å²) in [5.74, 6) is 1.43. The lowest BCUT2D eigenvalue weighted by Crippen LogP contribution is -2.01. The van der Waals surface area contributed by atoms with E-state index in [9.17, 15) is 5.26 Å². The summed E-state index contributed by atoms with van der Waals surface area (Å²) >= 11 is 0. The van der Waals surface area contributed by atoms with Gasteiger partial charge in [0.15, 0.2) is 5.75 Å². The van der Waals surface area contributed by atoms with Gasteiger partial charge in [0.1, 0.15) is 11.4 Å². The molecule has 0 spiro atoms. The minimum atomic E-state index is 0.619. The van der Waals surface area contributed by atoms with Crippen LogP contribution in [0, 0.1) is 18.3 Å². The molecule has 120 valence electrons. The molecule has 1 heterocycles. The minimum absolute atomic E-state index is 0.619. The zero-order valence-corrected chi connectivity index (χ0v) is 13.9. The maximum Gasteiger partial charge on any atom is 0.160 e. The van der Waals surface area contributed by atoms with Crippen molar-refractivity contribution in [2.24, 2.45) is 0 Å². The zero-order valence-electron chi connectivity index (χ0n) is 13.9. The van der Waals surface area contributed by atoms with Crippen molar-refractivity contribution in [3.8, 4) is 17.6 Å². The third-order valence-electron chi connectivity index (χ3n) is 4.07. The molecule has 0 aliphatic rings. The van der Waals surface area contributed by atoms with Crippen molar-refractivity contribution in [2.75, 3.05) is 0 Å². The summed E-state index contributed by atoms with van der Waals surface area (Å²) in [6, 6.07) is 15.6. The van der Waals surface area contributed by atoms with Crippen molar-refractivity contribution in [3.05, 3.63) is 59.3 Å². The van der Waals surface area contributed by atoms with Crippen LogP contribution in [0.2, 0.25) is 0 Å². The van der Waals surface area contributed by atoms with Gasteiger partial charge < -0.3 is 4.74 Å². The molecular weight excluding hydrogens is 298 g/mol. The molecule has 1 aromatic heterocycles. The van der Waals surface area contributed by atoms with Gasteiger partial charge in [0.2, 0.25) is 0 Å². The number of ether oxygens (including phenoxy) is 1. The number of rotatable bonds is 5. The summed E-state index contributed by atoms with van der Waals surface area (Å²) in [6.45, 7) is 4.05. The van der Waals surface area contributed by atoms with Crippen molar-refractivity contribution in [1.29, 1.82) is 5.26 Å². The second-order valence-corrected chi connectivity index (χ2v) is 5.74. The molecule has 3 rings (SSSR count). The third kappa shape index (κ3) is 3.07. The number of nitriles is 1. The number of hydrogen-bond donors (Lipinski definition) is 0. The summed E-state index contributed by atoms with van der Waals surface area (Å²) in [6.07, 6.45) is 2.93. The predicted molar refractivity (Wildman–Crippen MR) is 94.1 cm³/mol. The highest BCUT2D eigenvalue weighted by Gasteiger charge is 2.14. The van der Waals surface area contributed by atoms with E-state index in [0.29, 0.717) is 11.3 Å². The number of aromatic nitrogens is 2. The van der Waals surface area contributed by atoms with Crippen molar-refractivity contribution in [3.63, 3.8) is 0 Å².